The lowest BCUT2D eigenvalue weighted by Gasteiger charge is -2.15. The summed E-state index contributed by atoms with van der Waals surface area (Å²) < 4.78 is 26.4. The van der Waals surface area contributed by atoms with E-state index in [1.165, 1.54) is 0 Å². The molecule has 108 valence electrons. The highest BCUT2D eigenvalue weighted by molar-refractivity contribution is 7.89. The summed E-state index contributed by atoms with van der Waals surface area (Å²) in [4.78, 5) is 0.319. The Morgan fingerprint density at radius 3 is 2.60 bits per heavy atom. The molecule has 1 aliphatic rings. The van der Waals surface area contributed by atoms with E-state index in [4.69, 9.17) is 5.11 Å². The van der Waals surface area contributed by atoms with E-state index in [0.717, 1.165) is 12.0 Å². The minimum atomic E-state index is -3.37. The minimum Gasteiger partial charge on any atom is -0.395 e. The monoisotopic (exact) mass is 293 g/mol. The predicted octanol–water partition coefficient (Wildman–Crippen LogP) is 1.45. The van der Waals surface area contributed by atoms with Gasteiger partial charge < -0.3 is 5.11 Å². The van der Waals surface area contributed by atoms with Gasteiger partial charge in [0, 0.05) is 25.1 Å². The fraction of sp³-hybridized carbons (Fsp3) is 0.467. The Bertz CT molecular complexity index is 611. The third-order valence-electron chi connectivity index (χ3n) is 3.35. The van der Waals surface area contributed by atoms with Gasteiger partial charge >= 0.3 is 0 Å². The average Bonchev–Trinajstić information content (AvgIpc) is 2.87. The van der Waals surface area contributed by atoms with E-state index < -0.39 is 10.0 Å². The number of rotatable bonds is 3. The largest absolute Gasteiger partial charge is 0.395 e. The van der Waals surface area contributed by atoms with Crippen LogP contribution in [0.2, 0.25) is 0 Å². The first-order valence-corrected chi connectivity index (χ1v) is 8.18. The van der Waals surface area contributed by atoms with Gasteiger partial charge in [0.25, 0.3) is 0 Å². The Hall–Kier alpha value is -1.35. The standard InChI is InChI=1S/C15H19NO3S/c1-13-9-10-16(12-13)20(18,19)15-7-5-14(6-8-15)4-2-3-11-17/h5-8,13,17H,3,9-12H2,1H3. The maximum atomic E-state index is 12.4. The topological polar surface area (TPSA) is 57.6 Å². The lowest BCUT2D eigenvalue weighted by Crippen LogP contribution is -2.28. The van der Waals surface area contributed by atoms with Gasteiger partial charge in [0.05, 0.1) is 11.5 Å². The van der Waals surface area contributed by atoms with Crippen molar-refractivity contribution in [1.82, 2.24) is 4.31 Å². The second-order valence-corrected chi connectivity index (χ2v) is 6.99. The molecule has 0 amide bonds. The van der Waals surface area contributed by atoms with Gasteiger partial charge in [0.2, 0.25) is 10.0 Å². The highest BCUT2D eigenvalue weighted by Gasteiger charge is 2.30. The van der Waals surface area contributed by atoms with Crippen LogP contribution in [0.25, 0.3) is 0 Å². The van der Waals surface area contributed by atoms with Crippen LogP contribution in [0.1, 0.15) is 25.3 Å². The zero-order chi connectivity index (χ0) is 14.6. The molecule has 1 atom stereocenters. The summed E-state index contributed by atoms with van der Waals surface area (Å²) in [5.74, 6) is 6.12. The van der Waals surface area contributed by atoms with Crippen molar-refractivity contribution in [3.63, 3.8) is 0 Å². The van der Waals surface area contributed by atoms with Crippen LogP contribution < -0.4 is 0 Å². The normalized spacial score (nSPS) is 19.6. The first-order chi connectivity index (χ1) is 9.54. The summed E-state index contributed by atoms with van der Waals surface area (Å²) in [5, 5.41) is 8.65. The predicted molar refractivity (Wildman–Crippen MR) is 77.6 cm³/mol. The van der Waals surface area contributed by atoms with Crippen molar-refractivity contribution in [3.05, 3.63) is 29.8 Å². The van der Waals surface area contributed by atoms with Crippen molar-refractivity contribution in [3.8, 4) is 11.8 Å². The van der Waals surface area contributed by atoms with Crippen LogP contribution in [0.3, 0.4) is 0 Å². The molecule has 1 aliphatic heterocycles. The van der Waals surface area contributed by atoms with Crippen LogP contribution in [0, 0.1) is 17.8 Å². The molecular weight excluding hydrogens is 274 g/mol. The van der Waals surface area contributed by atoms with Gasteiger partial charge in [0.15, 0.2) is 0 Å². The molecule has 1 aromatic rings. The number of nitrogens with zero attached hydrogens (tertiary/aromatic N) is 1. The molecule has 1 N–H and O–H groups in total. The molecule has 1 heterocycles. The number of hydrogen-bond donors (Lipinski definition) is 1. The molecule has 0 bridgehead atoms. The molecule has 0 radical (unpaired) electrons. The van der Waals surface area contributed by atoms with E-state index in [2.05, 4.69) is 18.8 Å². The number of sulfonamides is 1. The van der Waals surface area contributed by atoms with Gasteiger partial charge in [-0.05, 0) is 36.6 Å². The zero-order valence-electron chi connectivity index (χ0n) is 11.5. The maximum absolute atomic E-state index is 12.4. The van der Waals surface area contributed by atoms with Crippen LogP contribution in [0.15, 0.2) is 29.2 Å². The van der Waals surface area contributed by atoms with Gasteiger partial charge in [-0.2, -0.15) is 4.31 Å². The lowest BCUT2D eigenvalue weighted by atomic mass is 10.2. The molecule has 0 aromatic heterocycles. The molecule has 1 aromatic carbocycles. The van der Waals surface area contributed by atoms with E-state index in [1.807, 2.05) is 0 Å². The molecule has 1 unspecified atom stereocenters. The van der Waals surface area contributed by atoms with Crippen LogP contribution in [0.5, 0.6) is 0 Å². The van der Waals surface area contributed by atoms with Crippen LogP contribution >= 0.6 is 0 Å². The van der Waals surface area contributed by atoms with Crippen molar-refractivity contribution >= 4 is 10.0 Å². The smallest absolute Gasteiger partial charge is 0.243 e. The van der Waals surface area contributed by atoms with Gasteiger partial charge in [0.1, 0.15) is 0 Å². The first kappa shape index (κ1) is 15.0. The highest BCUT2D eigenvalue weighted by atomic mass is 32.2. The van der Waals surface area contributed by atoms with Crippen LogP contribution in [0.4, 0.5) is 0 Å². The molecule has 1 fully saturated rings. The Labute approximate surface area is 120 Å². The van der Waals surface area contributed by atoms with Crippen molar-refractivity contribution < 1.29 is 13.5 Å². The molecular formula is C15H19NO3S. The highest BCUT2D eigenvalue weighted by Crippen LogP contribution is 2.23. The molecule has 4 nitrogen and oxygen atoms in total. The van der Waals surface area contributed by atoms with E-state index in [-0.39, 0.29) is 6.61 Å². The lowest BCUT2D eigenvalue weighted by molar-refractivity contribution is 0.305. The Balaban J connectivity index is 2.15. The number of aliphatic hydroxyl groups excluding tert-OH is 1. The van der Waals surface area contributed by atoms with Crippen molar-refractivity contribution in [2.24, 2.45) is 5.92 Å². The molecule has 1 saturated heterocycles. The summed E-state index contributed by atoms with van der Waals surface area (Å²) in [6.45, 7) is 3.30. The van der Waals surface area contributed by atoms with E-state index in [1.54, 1.807) is 28.6 Å². The van der Waals surface area contributed by atoms with Crippen molar-refractivity contribution in [1.29, 1.82) is 0 Å². The summed E-state index contributed by atoms with van der Waals surface area (Å²) >= 11 is 0. The van der Waals surface area contributed by atoms with Gasteiger partial charge in [-0.3, -0.25) is 0 Å². The second-order valence-electron chi connectivity index (χ2n) is 5.06. The van der Waals surface area contributed by atoms with Gasteiger partial charge in [-0.1, -0.05) is 18.8 Å². The Morgan fingerprint density at radius 2 is 2.05 bits per heavy atom. The van der Waals surface area contributed by atoms with Crippen molar-refractivity contribution in [2.75, 3.05) is 19.7 Å². The fourth-order valence-corrected chi connectivity index (χ4v) is 3.77. The first-order valence-electron chi connectivity index (χ1n) is 6.74. The fourth-order valence-electron chi connectivity index (χ4n) is 2.19. The van der Waals surface area contributed by atoms with Crippen LogP contribution in [-0.2, 0) is 10.0 Å². The molecule has 0 aliphatic carbocycles. The zero-order valence-corrected chi connectivity index (χ0v) is 12.4. The molecule has 2 rings (SSSR count). The Morgan fingerprint density at radius 1 is 1.35 bits per heavy atom. The third kappa shape index (κ3) is 3.40. The quantitative estimate of drug-likeness (QED) is 0.858. The van der Waals surface area contributed by atoms with E-state index >= 15 is 0 Å². The number of benzene rings is 1. The van der Waals surface area contributed by atoms with Gasteiger partial charge in [-0.15, -0.1) is 0 Å². The summed E-state index contributed by atoms with van der Waals surface area (Å²) in [6.07, 6.45) is 1.34. The summed E-state index contributed by atoms with van der Waals surface area (Å²) in [5.41, 5.74) is 0.757. The van der Waals surface area contributed by atoms with Gasteiger partial charge in [-0.25, -0.2) is 8.42 Å². The molecule has 20 heavy (non-hydrogen) atoms. The second kappa shape index (κ2) is 6.40. The number of aliphatic hydroxyl groups is 1. The SMILES string of the molecule is CC1CCN(S(=O)(=O)c2ccc(C#CCCO)cc2)C1. The summed E-state index contributed by atoms with van der Waals surface area (Å²) in [7, 11) is -3.37. The summed E-state index contributed by atoms with van der Waals surface area (Å²) in [6, 6.07) is 6.61. The minimum absolute atomic E-state index is 0.0343. The van der Waals surface area contributed by atoms with E-state index in [0.29, 0.717) is 30.3 Å². The molecule has 5 heteroatoms. The average molecular weight is 293 g/mol. The van der Waals surface area contributed by atoms with Crippen molar-refractivity contribution in [2.45, 2.75) is 24.7 Å². The molecule has 0 spiro atoms. The molecule has 0 saturated carbocycles. The van der Waals surface area contributed by atoms with E-state index in [9.17, 15) is 8.42 Å². The maximum Gasteiger partial charge on any atom is 0.243 e. The number of hydrogen-bond acceptors (Lipinski definition) is 3. The van der Waals surface area contributed by atoms with Crippen LogP contribution in [-0.4, -0.2) is 37.5 Å². The third-order valence-corrected chi connectivity index (χ3v) is 5.23. The Kier molecular flexibility index (Phi) is 4.81.